The third-order valence-electron chi connectivity index (χ3n) is 7.07. The molecular weight excluding hydrogens is 467 g/mol. The molecular formula is C28H30F3N3O2. The van der Waals surface area contributed by atoms with Gasteiger partial charge in [0, 0.05) is 24.9 Å². The maximum atomic E-state index is 14.8. The van der Waals surface area contributed by atoms with E-state index >= 15 is 0 Å². The smallest absolute Gasteiger partial charge is 0.185 e. The summed E-state index contributed by atoms with van der Waals surface area (Å²) in [5.41, 5.74) is 6.92. The zero-order valence-electron chi connectivity index (χ0n) is 20.5. The molecule has 1 saturated carbocycles. The van der Waals surface area contributed by atoms with E-state index in [1.54, 1.807) is 26.2 Å². The zero-order valence-corrected chi connectivity index (χ0v) is 20.5. The lowest BCUT2D eigenvalue weighted by molar-refractivity contribution is 0.0519. The summed E-state index contributed by atoms with van der Waals surface area (Å²) in [6.45, 7) is 5.53. The van der Waals surface area contributed by atoms with Gasteiger partial charge in [0.15, 0.2) is 5.78 Å². The lowest BCUT2D eigenvalue weighted by atomic mass is 9.74. The van der Waals surface area contributed by atoms with Crippen molar-refractivity contribution in [2.45, 2.75) is 64.0 Å². The lowest BCUT2D eigenvalue weighted by Crippen LogP contribution is -2.44. The molecule has 1 fully saturated rings. The molecule has 36 heavy (non-hydrogen) atoms. The minimum absolute atomic E-state index is 0.00340. The Kier molecular flexibility index (Phi) is 7.57. The van der Waals surface area contributed by atoms with Crippen molar-refractivity contribution in [2.75, 3.05) is 0 Å². The van der Waals surface area contributed by atoms with E-state index in [9.17, 15) is 23.1 Å². The van der Waals surface area contributed by atoms with E-state index in [4.69, 9.17) is 5.73 Å². The number of aliphatic hydroxyl groups is 1. The number of Topliss-reactive ketones (excluding diaryl/α,β-unsaturated/α-hetero) is 1. The fourth-order valence-corrected chi connectivity index (χ4v) is 5.00. The lowest BCUT2D eigenvalue weighted by Gasteiger charge is -2.36. The van der Waals surface area contributed by atoms with Crippen molar-refractivity contribution in [3.63, 3.8) is 0 Å². The van der Waals surface area contributed by atoms with Crippen LogP contribution in [0.25, 0.3) is 11.3 Å². The SMILES string of the molecule is CC(C)c1cc(F)c(-c2nc(C(=O)Cc3cnccc3[C@H]3C[C@@H](N)[C@H](O)[C@@H](C)C3)ccc2F)c(F)c1. The number of hydrogen-bond acceptors (Lipinski definition) is 5. The van der Waals surface area contributed by atoms with Crippen LogP contribution in [-0.4, -0.2) is 33.0 Å². The molecule has 8 heteroatoms. The number of rotatable bonds is 6. The molecule has 0 bridgehead atoms. The van der Waals surface area contributed by atoms with Crippen LogP contribution in [0.3, 0.4) is 0 Å². The number of pyridine rings is 2. The monoisotopic (exact) mass is 497 g/mol. The summed E-state index contributed by atoms with van der Waals surface area (Å²) < 4.78 is 44.2. The van der Waals surface area contributed by atoms with Gasteiger partial charge in [-0.25, -0.2) is 18.2 Å². The molecule has 5 nitrogen and oxygen atoms in total. The van der Waals surface area contributed by atoms with Crippen molar-refractivity contribution in [3.05, 3.63) is 82.6 Å². The van der Waals surface area contributed by atoms with Crippen LogP contribution in [-0.2, 0) is 6.42 Å². The van der Waals surface area contributed by atoms with Crippen molar-refractivity contribution in [2.24, 2.45) is 11.7 Å². The third kappa shape index (κ3) is 5.20. The fraction of sp³-hybridized carbons (Fsp3) is 0.393. The number of nitrogens with two attached hydrogens (primary N) is 1. The van der Waals surface area contributed by atoms with Gasteiger partial charge in [-0.3, -0.25) is 9.78 Å². The van der Waals surface area contributed by atoms with E-state index < -0.39 is 40.6 Å². The van der Waals surface area contributed by atoms with Crippen LogP contribution in [0.1, 0.15) is 72.6 Å². The van der Waals surface area contributed by atoms with E-state index in [0.717, 1.165) is 23.8 Å². The van der Waals surface area contributed by atoms with Crippen molar-refractivity contribution in [3.8, 4) is 11.3 Å². The Morgan fingerprint density at radius 1 is 1.11 bits per heavy atom. The number of ketones is 1. The minimum atomic E-state index is -0.936. The Balaban J connectivity index is 1.64. The van der Waals surface area contributed by atoms with Crippen LogP contribution >= 0.6 is 0 Å². The van der Waals surface area contributed by atoms with E-state index in [1.807, 2.05) is 13.0 Å². The standard InChI is InChI=1S/C28H30F3N3O2/c1-14(2)16-9-21(30)26(22(31)10-16)27-20(29)4-5-24(34-27)25(35)12-18-13-33-7-6-19(18)17-8-15(3)28(36)23(32)11-17/h4-7,9-10,13-15,17,23,28,36H,8,11-12,32H2,1-3H3/t15-,17+,23+,28+/m0/s1. The first-order valence-corrected chi connectivity index (χ1v) is 12.1. The summed E-state index contributed by atoms with van der Waals surface area (Å²) in [7, 11) is 0. The van der Waals surface area contributed by atoms with Crippen molar-refractivity contribution in [1.29, 1.82) is 0 Å². The number of aromatic nitrogens is 2. The Labute approximate surface area is 208 Å². The second-order valence-electron chi connectivity index (χ2n) is 10.0. The topological polar surface area (TPSA) is 89.1 Å². The maximum Gasteiger partial charge on any atom is 0.185 e. The summed E-state index contributed by atoms with van der Waals surface area (Å²) in [4.78, 5) is 21.4. The van der Waals surface area contributed by atoms with E-state index in [0.29, 0.717) is 24.0 Å². The predicted octanol–water partition coefficient (Wildman–Crippen LogP) is 5.31. The Morgan fingerprint density at radius 2 is 1.81 bits per heavy atom. The van der Waals surface area contributed by atoms with Crippen LogP contribution in [0.15, 0.2) is 42.7 Å². The van der Waals surface area contributed by atoms with Gasteiger partial charge in [-0.2, -0.15) is 0 Å². The molecule has 3 N–H and O–H groups in total. The molecule has 0 radical (unpaired) electrons. The number of carbonyl (C=O) groups is 1. The third-order valence-corrected chi connectivity index (χ3v) is 7.07. The molecule has 1 aliphatic carbocycles. The van der Waals surface area contributed by atoms with Crippen LogP contribution < -0.4 is 5.73 Å². The Hall–Kier alpha value is -3.10. The fourth-order valence-electron chi connectivity index (χ4n) is 5.00. The van der Waals surface area contributed by atoms with Crippen molar-refractivity contribution < 1.29 is 23.1 Å². The normalized spacial score (nSPS) is 22.1. The van der Waals surface area contributed by atoms with Gasteiger partial charge in [0.05, 0.1) is 11.7 Å². The second-order valence-corrected chi connectivity index (χ2v) is 10.0. The van der Waals surface area contributed by atoms with Gasteiger partial charge in [0.2, 0.25) is 0 Å². The first-order chi connectivity index (χ1) is 17.1. The van der Waals surface area contributed by atoms with E-state index in [-0.39, 0.29) is 35.9 Å². The summed E-state index contributed by atoms with van der Waals surface area (Å²) in [5, 5.41) is 10.2. The maximum absolute atomic E-state index is 14.8. The first-order valence-electron chi connectivity index (χ1n) is 12.1. The number of aliphatic hydroxyl groups excluding tert-OH is 1. The highest BCUT2D eigenvalue weighted by atomic mass is 19.1. The number of halogens is 3. The molecule has 2 heterocycles. The molecule has 0 aliphatic heterocycles. The Bertz CT molecular complexity index is 1250. The van der Waals surface area contributed by atoms with Crippen molar-refractivity contribution >= 4 is 5.78 Å². The number of benzene rings is 1. The molecule has 0 saturated heterocycles. The second kappa shape index (κ2) is 10.5. The van der Waals surface area contributed by atoms with E-state index in [2.05, 4.69) is 9.97 Å². The van der Waals surface area contributed by atoms with Gasteiger partial charge in [0.25, 0.3) is 0 Å². The highest BCUT2D eigenvalue weighted by Gasteiger charge is 2.34. The molecule has 4 rings (SSSR count). The molecule has 1 aliphatic rings. The van der Waals surface area contributed by atoms with Crippen molar-refractivity contribution in [1.82, 2.24) is 9.97 Å². The van der Waals surface area contributed by atoms with Gasteiger partial charge in [0.1, 0.15) is 28.8 Å². The van der Waals surface area contributed by atoms with Gasteiger partial charge in [-0.15, -0.1) is 0 Å². The summed E-state index contributed by atoms with van der Waals surface area (Å²) in [5.74, 6) is -3.30. The minimum Gasteiger partial charge on any atom is -0.391 e. The quantitative estimate of drug-likeness (QED) is 0.451. The zero-order chi connectivity index (χ0) is 26.1. The van der Waals surface area contributed by atoms with Gasteiger partial charge in [-0.1, -0.05) is 20.8 Å². The number of nitrogens with zero attached hydrogens (tertiary/aromatic N) is 2. The van der Waals surface area contributed by atoms with Gasteiger partial charge < -0.3 is 10.8 Å². The summed E-state index contributed by atoms with van der Waals surface area (Å²) >= 11 is 0. The average molecular weight is 498 g/mol. The largest absolute Gasteiger partial charge is 0.391 e. The Morgan fingerprint density at radius 3 is 2.44 bits per heavy atom. The molecule has 2 aromatic heterocycles. The van der Waals surface area contributed by atoms with E-state index in [1.165, 1.54) is 6.07 Å². The van der Waals surface area contributed by atoms with Gasteiger partial charge >= 0.3 is 0 Å². The summed E-state index contributed by atoms with van der Waals surface area (Å²) in [6.07, 6.45) is 3.88. The average Bonchev–Trinajstić information content (AvgIpc) is 2.83. The molecule has 4 atom stereocenters. The first kappa shape index (κ1) is 26.0. The molecule has 1 aromatic carbocycles. The van der Waals surface area contributed by atoms with Crippen LogP contribution in [0.4, 0.5) is 13.2 Å². The predicted molar refractivity (Wildman–Crippen MR) is 131 cm³/mol. The van der Waals surface area contributed by atoms with Gasteiger partial charge in [-0.05, 0) is 77.6 Å². The molecule has 3 aromatic rings. The highest BCUT2D eigenvalue weighted by molar-refractivity contribution is 5.96. The van der Waals surface area contributed by atoms with Crippen LogP contribution in [0.5, 0.6) is 0 Å². The molecule has 0 amide bonds. The number of carbonyl (C=O) groups excluding carboxylic acids is 1. The summed E-state index contributed by atoms with van der Waals surface area (Å²) in [6, 6.07) is 6.00. The molecule has 0 unspecified atom stereocenters. The number of hydrogen-bond donors (Lipinski definition) is 2. The van der Waals surface area contributed by atoms with Crippen LogP contribution in [0, 0.1) is 23.4 Å². The highest BCUT2D eigenvalue weighted by Crippen LogP contribution is 2.37. The molecule has 190 valence electrons. The molecule has 0 spiro atoms. The van der Waals surface area contributed by atoms with Crippen LogP contribution in [0.2, 0.25) is 0 Å².